The second-order valence-electron chi connectivity index (χ2n) is 7.07. The van der Waals surface area contributed by atoms with Crippen LogP contribution in [0.5, 0.6) is 5.75 Å². The summed E-state index contributed by atoms with van der Waals surface area (Å²) in [5.41, 5.74) is 3.65. The number of aromatic nitrogens is 4. The number of halogens is 1. The van der Waals surface area contributed by atoms with Gasteiger partial charge >= 0.3 is 0 Å². The maximum atomic E-state index is 13.8. The molecule has 0 N–H and O–H groups in total. The Morgan fingerprint density at radius 2 is 1.81 bits per heavy atom. The largest absolute Gasteiger partial charge is 0.487 e. The van der Waals surface area contributed by atoms with Crippen molar-refractivity contribution in [1.82, 2.24) is 24.4 Å². The standard InChI is InChI=1S/C20H24FN5O/c1-15-11-17(16(2)26(15)25-13-22-23-14-25)12-24-9-7-18(8-10-24)27-20-6-4-3-5-19(20)21/h3-6,11,13-14,18H,7-10,12H2,1-2H3. The first-order valence-corrected chi connectivity index (χ1v) is 9.28. The average molecular weight is 369 g/mol. The van der Waals surface area contributed by atoms with Crippen LogP contribution in [0.4, 0.5) is 4.39 Å². The fourth-order valence-electron chi connectivity index (χ4n) is 3.78. The molecule has 3 heterocycles. The summed E-state index contributed by atoms with van der Waals surface area (Å²) in [5.74, 6) is 0.0646. The van der Waals surface area contributed by atoms with Gasteiger partial charge in [-0.05, 0) is 50.5 Å². The number of aryl methyl sites for hydroxylation is 1. The fraction of sp³-hybridized carbons (Fsp3) is 0.400. The van der Waals surface area contributed by atoms with Crippen molar-refractivity contribution in [2.24, 2.45) is 0 Å². The smallest absolute Gasteiger partial charge is 0.165 e. The molecule has 142 valence electrons. The summed E-state index contributed by atoms with van der Waals surface area (Å²) in [6.07, 6.45) is 5.28. The molecule has 1 aromatic carbocycles. The van der Waals surface area contributed by atoms with Crippen LogP contribution in [-0.2, 0) is 6.54 Å². The lowest BCUT2D eigenvalue weighted by Gasteiger charge is -2.32. The molecule has 27 heavy (non-hydrogen) atoms. The third-order valence-electron chi connectivity index (χ3n) is 5.20. The zero-order chi connectivity index (χ0) is 18.8. The molecular formula is C20H24FN5O. The lowest BCUT2D eigenvalue weighted by atomic mass is 10.1. The van der Waals surface area contributed by atoms with Crippen molar-refractivity contribution in [3.63, 3.8) is 0 Å². The maximum Gasteiger partial charge on any atom is 0.165 e. The fourth-order valence-corrected chi connectivity index (χ4v) is 3.78. The second kappa shape index (κ2) is 7.52. The van der Waals surface area contributed by atoms with E-state index in [1.165, 1.54) is 17.3 Å². The number of para-hydroxylation sites is 1. The molecule has 3 aromatic rings. The minimum atomic E-state index is -0.290. The van der Waals surface area contributed by atoms with Gasteiger partial charge in [-0.1, -0.05) is 12.1 Å². The van der Waals surface area contributed by atoms with Crippen molar-refractivity contribution >= 4 is 0 Å². The molecule has 4 rings (SSSR count). The quantitative estimate of drug-likeness (QED) is 0.693. The Kier molecular flexibility index (Phi) is 4.94. The van der Waals surface area contributed by atoms with E-state index in [4.69, 9.17) is 4.74 Å². The van der Waals surface area contributed by atoms with Crippen molar-refractivity contribution in [2.75, 3.05) is 13.1 Å². The Morgan fingerprint density at radius 1 is 1.11 bits per heavy atom. The van der Waals surface area contributed by atoms with E-state index in [0.29, 0.717) is 5.75 Å². The topological polar surface area (TPSA) is 48.1 Å². The summed E-state index contributed by atoms with van der Waals surface area (Å²) >= 11 is 0. The zero-order valence-electron chi connectivity index (χ0n) is 15.7. The molecule has 1 saturated heterocycles. The van der Waals surface area contributed by atoms with Crippen molar-refractivity contribution in [1.29, 1.82) is 0 Å². The Labute approximate surface area is 158 Å². The van der Waals surface area contributed by atoms with Crippen LogP contribution < -0.4 is 4.74 Å². The summed E-state index contributed by atoms with van der Waals surface area (Å²) < 4.78 is 23.6. The number of rotatable bonds is 5. The first-order valence-electron chi connectivity index (χ1n) is 9.28. The van der Waals surface area contributed by atoms with Gasteiger partial charge in [-0.15, -0.1) is 10.2 Å². The minimum Gasteiger partial charge on any atom is -0.487 e. The third kappa shape index (κ3) is 3.73. The number of benzene rings is 1. The number of hydrogen-bond acceptors (Lipinski definition) is 4. The normalized spacial score (nSPS) is 16.0. The molecule has 0 amide bonds. The number of likely N-dealkylation sites (tertiary alicyclic amines) is 1. The van der Waals surface area contributed by atoms with Crippen LogP contribution in [0.1, 0.15) is 29.8 Å². The lowest BCUT2D eigenvalue weighted by Crippen LogP contribution is -2.38. The van der Waals surface area contributed by atoms with Crippen molar-refractivity contribution in [3.8, 4) is 5.75 Å². The molecule has 7 heteroatoms. The molecule has 1 aliphatic rings. The molecule has 0 aliphatic carbocycles. The number of piperidine rings is 1. The summed E-state index contributed by atoms with van der Waals surface area (Å²) in [7, 11) is 0. The Morgan fingerprint density at radius 3 is 2.52 bits per heavy atom. The minimum absolute atomic E-state index is 0.0719. The van der Waals surface area contributed by atoms with Crippen LogP contribution >= 0.6 is 0 Å². The van der Waals surface area contributed by atoms with E-state index in [9.17, 15) is 4.39 Å². The third-order valence-corrected chi connectivity index (χ3v) is 5.20. The molecule has 1 fully saturated rings. The molecule has 0 radical (unpaired) electrons. The van der Waals surface area contributed by atoms with Gasteiger partial charge < -0.3 is 4.74 Å². The average Bonchev–Trinajstić information content (AvgIpc) is 3.27. The summed E-state index contributed by atoms with van der Waals surface area (Å²) in [6, 6.07) is 8.84. The lowest BCUT2D eigenvalue weighted by molar-refractivity contribution is 0.0934. The van der Waals surface area contributed by atoms with E-state index in [1.54, 1.807) is 30.9 Å². The van der Waals surface area contributed by atoms with Crippen LogP contribution in [0.15, 0.2) is 43.0 Å². The molecule has 1 aliphatic heterocycles. The Balaban J connectivity index is 1.37. The van der Waals surface area contributed by atoms with Gasteiger partial charge in [0.2, 0.25) is 0 Å². The van der Waals surface area contributed by atoms with Crippen molar-refractivity contribution in [2.45, 2.75) is 39.3 Å². The van der Waals surface area contributed by atoms with E-state index < -0.39 is 0 Å². The van der Waals surface area contributed by atoms with Gasteiger partial charge in [-0.2, -0.15) is 0 Å². The summed E-state index contributed by atoms with van der Waals surface area (Å²) in [5, 5.41) is 7.79. The highest BCUT2D eigenvalue weighted by atomic mass is 19.1. The van der Waals surface area contributed by atoms with Crippen molar-refractivity contribution in [3.05, 3.63) is 65.8 Å². The van der Waals surface area contributed by atoms with Gasteiger partial charge in [0, 0.05) is 31.0 Å². The highest BCUT2D eigenvalue weighted by Crippen LogP contribution is 2.24. The van der Waals surface area contributed by atoms with E-state index >= 15 is 0 Å². The molecule has 0 atom stereocenters. The molecule has 2 aromatic heterocycles. The van der Waals surface area contributed by atoms with Crippen LogP contribution in [0.2, 0.25) is 0 Å². The van der Waals surface area contributed by atoms with Gasteiger partial charge in [0.05, 0.1) is 0 Å². The highest BCUT2D eigenvalue weighted by Gasteiger charge is 2.23. The number of nitrogens with zero attached hydrogens (tertiary/aromatic N) is 5. The Bertz CT molecular complexity index is 897. The predicted molar refractivity (Wildman–Crippen MR) is 100 cm³/mol. The molecule has 0 bridgehead atoms. The van der Waals surface area contributed by atoms with Crippen LogP contribution in [-0.4, -0.2) is 43.6 Å². The number of hydrogen-bond donors (Lipinski definition) is 0. The van der Waals surface area contributed by atoms with Gasteiger partial charge in [-0.3, -0.25) is 9.58 Å². The highest BCUT2D eigenvalue weighted by molar-refractivity contribution is 5.27. The zero-order valence-corrected chi connectivity index (χ0v) is 15.7. The predicted octanol–water partition coefficient (Wildman–Crippen LogP) is 3.19. The molecule has 0 saturated carbocycles. The summed E-state index contributed by atoms with van der Waals surface area (Å²) in [6.45, 7) is 6.99. The molecular weight excluding hydrogens is 345 g/mol. The molecule has 0 spiro atoms. The van der Waals surface area contributed by atoms with Crippen molar-refractivity contribution < 1.29 is 9.13 Å². The van der Waals surface area contributed by atoms with Gasteiger partial charge in [-0.25, -0.2) is 9.07 Å². The van der Waals surface area contributed by atoms with Crippen LogP contribution in [0.3, 0.4) is 0 Å². The van der Waals surface area contributed by atoms with E-state index in [2.05, 4.69) is 39.7 Å². The van der Waals surface area contributed by atoms with Crippen LogP contribution in [0, 0.1) is 19.7 Å². The second-order valence-corrected chi connectivity index (χ2v) is 7.07. The van der Waals surface area contributed by atoms with Gasteiger partial charge in [0.15, 0.2) is 11.6 Å². The first kappa shape index (κ1) is 17.7. The monoisotopic (exact) mass is 369 g/mol. The van der Waals surface area contributed by atoms with E-state index in [0.717, 1.165) is 38.2 Å². The molecule has 6 nitrogen and oxygen atoms in total. The summed E-state index contributed by atoms with van der Waals surface area (Å²) in [4.78, 5) is 2.43. The van der Waals surface area contributed by atoms with E-state index in [1.807, 2.05) is 4.68 Å². The SMILES string of the molecule is Cc1cc(CN2CCC(Oc3ccccc3F)CC2)c(C)n1-n1cnnc1. The number of ether oxygens (including phenoxy) is 1. The molecule has 0 unspecified atom stereocenters. The maximum absolute atomic E-state index is 13.8. The first-order chi connectivity index (χ1) is 13.1. The van der Waals surface area contributed by atoms with E-state index in [-0.39, 0.29) is 11.9 Å². The van der Waals surface area contributed by atoms with Gasteiger partial charge in [0.25, 0.3) is 0 Å². The van der Waals surface area contributed by atoms with Gasteiger partial charge in [0.1, 0.15) is 18.8 Å². The van der Waals surface area contributed by atoms with Crippen LogP contribution in [0.25, 0.3) is 0 Å². The Hall–Kier alpha value is -2.67.